The number of amides is 1. The first-order valence-corrected chi connectivity index (χ1v) is 11.1. The molecule has 34 heavy (non-hydrogen) atoms. The molecule has 0 spiro atoms. The number of hydrogen-bond acceptors (Lipinski definition) is 9. The number of aromatic nitrogens is 3. The first kappa shape index (κ1) is 23.1. The number of carbonyl (C=O) groups is 1. The van der Waals surface area contributed by atoms with Crippen molar-refractivity contribution in [1.29, 1.82) is 0 Å². The lowest BCUT2D eigenvalue weighted by atomic mass is 10.1. The van der Waals surface area contributed by atoms with Crippen molar-refractivity contribution in [2.75, 3.05) is 47.3 Å². The number of nitrogens with zero attached hydrogens (tertiary/aromatic N) is 5. The largest absolute Gasteiger partial charge is 0.378 e. The molecule has 1 fully saturated rings. The fourth-order valence-electron chi connectivity index (χ4n) is 3.37. The summed E-state index contributed by atoms with van der Waals surface area (Å²) in [5, 5.41) is 10.5. The minimum Gasteiger partial charge on any atom is -0.378 e. The van der Waals surface area contributed by atoms with Gasteiger partial charge in [0.2, 0.25) is 23.8 Å². The fraction of sp³-hybridized carbons (Fsp3) is 0.292. The SMILES string of the molecule is CC(=O)Nc1ccc(C(C)=NNc2nc(NCc3ccccc3)nc(N3CCOCC3)n2)cc1. The van der Waals surface area contributed by atoms with Gasteiger partial charge in [-0.15, -0.1) is 0 Å². The van der Waals surface area contributed by atoms with E-state index in [4.69, 9.17) is 4.74 Å². The van der Waals surface area contributed by atoms with Gasteiger partial charge in [0.1, 0.15) is 0 Å². The molecule has 10 nitrogen and oxygen atoms in total. The van der Waals surface area contributed by atoms with Crippen LogP contribution in [0.15, 0.2) is 59.7 Å². The van der Waals surface area contributed by atoms with Crippen molar-refractivity contribution in [2.45, 2.75) is 20.4 Å². The Kier molecular flexibility index (Phi) is 7.61. The Bertz CT molecular complexity index is 1130. The molecule has 2 heterocycles. The third kappa shape index (κ3) is 6.48. The molecule has 2 aromatic carbocycles. The van der Waals surface area contributed by atoms with Crippen molar-refractivity contribution in [3.05, 3.63) is 65.7 Å². The van der Waals surface area contributed by atoms with E-state index in [1.54, 1.807) is 0 Å². The van der Waals surface area contributed by atoms with Gasteiger partial charge in [0.05, 0.1) is 18.9 Å². The predicted molar refractivity (Wildman–Crippen MR) is 133 cm³/mol. The summed E-state index contributed by atoms with van der Waals surface area (Å²) in [6, 6.07) is 17.5. The van der Waals surface area contributed by atoms with E-state index in [1.165, 1.54) is 6.92 Å². The average molecular weight is 461 g/mol. The van der Waals surface area contributed by atoms with Crippen molar-refractivity contribution < 1.29 is 9.53 Å². The van der Waals surface area contributed by atoms with Gasteiger partial charge in [0.15, 0.2) is 0 Å². The number of hydrazone groups is 1. The van der Waals surface area contributed by atoms with Crippen molar-refractivity contribution in [3.8, 4) is 0 Å². The topological polar surface area (TPSA) is 117 Å². The molecule has 0 aliphatic carbocycles. The molecule has 0 unspecified atom stereocenters. The van der Waals surface area contributed by atoms with Gasteiger partial charge in [0, 0.05) is 32.2 Å². The van der Waals surface area contributed by atoms with Gasteiger partial charge in [-0.05, 0) is 30.2 Å². The van der Waals surface area contributed by atoms with Crippen molar-refractivity contribution >= 4 is 35.2 Å². The normalized spacial score (nSPS) is 13.9. The predicted octanol–water partition coefficient (Wildman–Crippen LogP) is 3.11. The Labute approximate surface area is 198 Å². The Hall–Kier alpha value is -4.05. The zero-order valence-corrected chi connectivity index (χ0v) is 19.3. The summed E-state index contributed by atoms with van der Waals surface area (Å²) in [5.41, 5.74) is 6.49. The third-order valence-corrected chi connectivity index (χ3v) is 5.16. The molecule has 4 rings (SSSR count). The fourth-order valence-corrected chi connectivity index (χ4v) is 3.37. The number of hydrogen-bond donors (Lipinski definition) is 3. The lowest BCUT2D eigenvalue weighted by Crippen LogP contribution is -2.37. The highest BCUT2D eigenvalue weighted by molar-refractivity contribution is 5.99. The minimum absolute atomic E-state index is 0.109. The number of nitrogens with one attached hydrogen (secondary N) is 3. The molecule has 1 aromatic heterocycles. The smallest absolute Gasteiger partial charge is 0.250 e. The number of rotatable bonds is 8. The summed E-state index contributed by atoms with van der Waals surface area (Å²) < 4.78 is 5.46. The molecule has 1 aliphatic rings. The second-order valence-corrected chi connectivity index (χ2v) is 7.79. The maximum Gasteiger partial charge on any atom is 0.250 e. The Morgan fingerprint density at radius 1 is 0.971 bits per heavy atom. The summed E-state index contributed by atoms with van der Waals surface area (Å²) in [6.45, 7) is 6.65. The molecule has 0 bridgehead atoms. The highest BCUT2D eigenvalue weighted by atomic mass is 16.5. The molecule has 3 aromatic rings. The number of benzene rings is 2. The average Bonchev–Trinajstić information content (AvgIpc) is 2.87. The van der Waals surface area contributed by atoms with Crippen LogP contribution in [0.1, 0.15) is 25.0 Å². The molecule has 176 valence electrons. The van der Waals surface area contributed by atoms with Crippen LogP contribution in [-0.2, 0) is 16.1 Å². The van der Waals surface area contributed by atoms with E-state index in [0.29, 0.717) is 50.7 Å². The lowest BCUT2D eigenvalue weighted by Gasteiger charge is -2.27. The maximum absolute atomic E-state index is 11.2. The zero-order valence-electron chi connectivity index (χ0n) is 19.3. The second-order valence-electron chi connectivity index (χ2n) is 7.79. The molecule has 0 saturated carbocycles. The van der Waals surface area contributed by atoms with Crippen LogP contribution in [0.2, 0.25) is 0 Å². The number of carbonyl (C=O) groups excluding carboxylic acids is 1. The van der Waals surface area contributed by atoms with Crippen molar-refractivity contribution in [1.82, 2.24) is 15.0 Å². The van der Waals surface area contributed by atoms with Crippen LogP contribution in [-0.4, -0.2) is 52.9 Å². The highest BCUT2D eigenvalue weighted by Gasteiger charge is 2.16. The maximum atomic E-state index is 11.2. The molecule has 1 aliphatic heterocycles. The monoisotopic (exact) mass is 460 g/mol. The minimum atomic E-state index is -0.109. The summed E-state index contributed by atoms with van der Waals surface area (Å²) in [7, 11) is 0. The Balaban J connectivity index is 1.51. The Morgan fingerprint density at radius 3 is 2.38 bits per heavy atom. The van der Waals surface area contributed by atoms with Gasteiger partial charge in [-0.1, -0.05) is 42.5 Å². The van der Waals surface area contributed by atoms with Crippen LogP contribution < -0.4 is 21.0 Å². The second kappa shape index (κ2) is 11.2. The van der Waals surface area contributed by atoms with Crippen LogP contribution in [0.25, 0.3) is 0 Å². The first-order valence-electron chi connectivity index (χ1n) is 11.1. The van der Waals surface area contributed by atoms with E-state index in [2.05, 4.69) is 41.0 Å². The number of anilines is 4. The van der Waals surface area contributed by atoms with Crippen LogP contribution in [0.3, 0.4) is 0 Å². The summed E-state index contributed by atoms with van der Waals surface area (Å²) >= 11 is 0. The first-order chi connectivity index (χ1) is 16.6. The molecule has 3 N–H and O–H groups in total. The van der Waals surface area contributed by atoms with Crippen LogP contribution in [0, 0.1) is 0 Å². The summed E-state index contributed by atoms with van der Waals surface area (Å²) in [5.74, 6) is 1.28. The zero-order chi connectivity index (χ0) is 23.8. The number of ether oxygens (including phenoxy) is 1. The molecule has 1 saturated heterocycles. The van der Waals surface area contributed by atoms with Gasteiger partial charge in [-0.2, -0.15) is 20.1 Å². The Morgan fingerprint density at radius 2 is 1.68 bits per heavy atom. The van der Waals surface area contributed by atoms with E-state index in [0.717, 1.165) is 22.5 Å². The molecule has 10 heteroatoms. The molecular weight excluding hydrogens is 432 g/mol. The van der Waals surface area contributed by atoms with E-state index in [1.807, 2.05) is 61.5 Å². The van der Waals surface area contributed by atoms with Gasteiger partial charge in [-0.3, -0.25) is 4.79 Å². The van der Waals surface area contributed by atoms with E-state index >= 15 is 0 Å². The van der Waals surface area contributed by atoms with Gasteiger partial charge in [-0.25, -0.2) is 5.43 Å². The van der Waals surface area contributed by atoms with E-state index in [-0.39, 0.29) is 5.91 Å². The van der Waals surface area contributed by atoms with Gasteiger partial charge in [0.25, 0.3) is 0 Å². The van der Waals surface area contributed by atoms with Crippen LogP contribution in [0.5, 0.6) is 0 Å². The molecule has 0 radical (unpaired) electrons. The lowest BCUT2D eigenvalue weighted by molar-refractivity contribution is -0.114. The van der Waals surface area contributed by atoms with Gasteiger partial charge < -0.3 is 20.3 Å². The quantitative estimate of drug-likeness (QED) is 0.347. The summed E-state index contributed by atoms with van der Waals surface area (Å²) in [6.07, 6.45) is 0. The van der Waals surface area contributed by atoms with Gasteiger partial charge >= 0.3 is 0 Å². The van der Waals surface area contributed by atoms with Crippen molar-refractivity contribution in [2.24, 2.45) is 5.10 Å². The van der Waals surface area contributed by atoms with Crippen LogP contribution >= 0.6 is 0 Å². The van der Waals surface area contributed by atoms with Crippen molar-refractivity contribution in [3.63, 3.8) is 0 Å². The van der Waals surface area contributed by atoms with E-state index < -0.39 is 0 Å². The third-order valence-electron chi connectivity index (χ3n) is 5.16. The summed E-state index contributed by atoms with van der Waals surface area (Å²) in [4.78, 5) is 26.9. The molecular formula is C24H28N8O2. The van der Waals surface area contributed by atoms with E-state index in [9.17, 15) is 4.79 Å². The molecule has 1 amide bonds. The standard InChI is InChI=1S/C24H28N8O2/c1-17(20-8-10-21(11-9-20)26-18(2)33)30-31-23-27-22(25-16-19-6-4-3-5-7-19)28-24(29-23)32-12-14-34-15-13-32/h3-11H,12-16H2,1-2H3,(H,26,33)(H2,25,27,28,29,31). The molecule has 0 atom stereocenters. The highest BCUT2D eigenvalue weighted by Crippen LogP contribution is 2.16. The van der Waals surface area contributed by atoms with Crippen LogP contribution in [0.4, 0.5) is 23.5 Å². The number of morpholine rings is 1.